The van der Waals surface area contributed by atoms with E-state index in [1.54, 1.807) is 34.6 Å². The number of hydrogen-bond acceptors (Lipinski definition) is 6. The van der Waals surface area contributed by atoms with E-state index in [0.29, 0.717) is 18.9 Å². The van der Waals surface area contributed by atoms with Crippen LogP contribution in [-0.2, 0) is 29.9 Å². The SMILES string of the molecule is CCN(CC)S(=O)(=O)c1cccc(-c2nnc(SCc3cnn(C)c3)n2C)c1. The molecule has 3 rings (SSSR count). The second kappa shape index (κ2) is 8.46. The lowest BCUT2D eigenvalue weighted by atomic mass is 10.2. The molecule has 150 valence electrons. The third-order valence-corrected chi connectivity index (χ3v) is 7.53. The largest absolute Gasteiger partial charge is 0.305 e. The van der Waals surface area contributed by atoms with Crippen molar-refractivity contribution >= 4 is 21.8 Å². The number of hydrogen-bond donors (Lipinski definition) is 0. The van der Waals surface area contributed by atoms with Gasteiger partial charge < -0.3 is 4.57 Å². The molecule has 0 atom stereocenters. The minimum Gasteiger partial charge on any atom is -0.305 e. The van der Waals surface area contributed by atoms with Gasteiger partial charge in [-0.05, 0) is 12.1 Å². The van der Waals surface area contributed by atoms with E-state index in [-0.39, 0.29) is 4.90 Å². The van der Waals surface area contributed by atoms with Crippen molar-refractivity contribution in [3.63, 3.8) is 0 Å². The van der Waals surface area contributed by atoms with Crippen LogP contribution >= 0.6 is 11.8 Å². The molecule has 2 aromatic heterocycles. The van der Waals surface area contributed by atoms with Crippen LogP contribution in [0.4, 0.5) is 0 Å². The van der Waals surface area contributed by atoms with Gasteiger partial charge in [-0.1, -0.05) is 37.7 Å². The van der Waals surface area contributed by atoms with Crippen LogP contribution in [0.5, 0.6) is 0 Å². The molecule has 0 bridgehead atoms. The van der Waals surface area contributed by atoms with Crippen LogP contribution in [0.3, 0.4) is 0 Å². The van der Waals surface area contributed by atoms with Gasteiger partial charge in [0.15, 0.2) is 11.0 Å². The number of benzene rings is 1. The molecule has 0 radical (unpaired) electrons. The molecule has 28 heavy (non-hydrogen) atoms. The summed E-state index contributed by atoms with van der Waals surface area (Å²) in [6, 6.07) is 6.86. The highest BCUT2D eigenvalue weighted by molar-refractivity contribution is 7.98. The van der Waals surface area contributed by atoms with Gasteiger partial charge >= 0.3 is 0 Å². The molecule has 0 unspecified atom stereocenters. The summed E-state index contributed by atoms with van der Waals surface area (Å²) < 4.78 is 30.7. The van der Waals surface area contributed by atoms with Gasteiger partial charge in [0, 0.05) is 50.3 Å². The average molecular weight is 421 g/mol. The number of sulfonamides is 1. The van der Waals surface area contributed by atoms with Gasteiger partial charge in [0.25, 0.3) is 0 Å². The van der Waals surface area contributed by atoms with Gasteiger partial charge in [0.05, 0.1) is 11.1 Å². The number of rotatable bonds is 8. The number of aryl methyl sites for hydroxylation is 1. The lowest BCUT2D eigenvalue weighted by Crippen LogP contribution is -2.30. The predicted molar refractivity (Wildman–Crippen MR) is 109 cm³/mol. The Labute approximate surface area is 169 Å². The van der Waals surface area contributed by atoms with E-state index in [1.807, 2.05) is 51.0 Å². The standard InChI is InChI=1S/C18H24N6O2S2/c1-5-24(6-2)28(25,26)16-9-7-8-15(10-16)17-20-21-18(23(17)4)27-13-14-11-19-22(3)12-14/h7-12H,5-6,13H2,1-4H3. The van der Waals surface area contributed by atoms with Crippen LogP contribution < -0.4 is 0 Å². The lowest BCUT2D eigenvalue weighted by molar-refractivity contribution is 0.445. The molecule has 2 heterocycles. The Kier molecular flexibility index (Phi) is 6.21. The molecule has 0 aliphatic carbocycles. The molecule has 0 aliphatic heterocycles. The normalized spacial score (nSPS) is 12.0. The zero-order valence-corrected chi connectivity index (χ0v) is 18.0. The van der Waals surface area contributed by atoms with E-state index in [9.17, 15) is 8.42 Å². The highest BCUT2D eigenvalue weighted by Crippen LogP contribution is 2.27. The first kappa shape index (κ1) is 20.6. The van der Waals surface area contributed by atoms with Gasteiger partial charge in [-0.15, -0.1) is 10.2 Å². The minimum atomic E-state index is -3.52. The monoisotopic (exact) mass is 420 g/mol. The summed E-state index contributed by atoms with van der Waals surface area (Å²) in [6.45, 7) is 4.53. The second-order valence-electron chi connectivity index (χ2n) is 6.29. The van der Waals surface area contributed by atoms with E-state index in [0.717, 1.165) is 22.0 Å². The van der Waals surface area contributed by atoms with Crippen molar-refractivity contribution in [3.8, 4) is 11.4 Å². The van der Waals surface area contributed by atoms with E-state index < -0.39 is 10.0 Å². The van der Waals surface area contributed by atoms with Crippen molar-refractivity contribution in [2.45, 2.75) is 29.7 Å². The van der Waals surface area contributed by atoms with E-state index in [4.69, 9.17) is 0 Å². The minimum absolute atomic E-state index is 0.265. The molecule has 0 aliphatic rings. The van der Waals surface area contributed by atoms with E-state index >= 15 is 0 Å². The zero-order chi connectivity index (χ0) is 20.3. The molecule has 0 fully saturated rings. The van der Waals surface area contributed by atoms with Crippen LogP contribution in [0.1, 0.15) is 19.4 Å². The first-order valence-corrected chi connectivity index (χ1v) is 11.4. The van der Waals surface area contributed by atoms with Gasteiger partial charge in [-0.25, -0.2) is 8.42 Å². The summed E-state index contributed by atoms with van der Waals surface area (Å²) in [5.74, 6) is 1.36. The van der Waals surface area contributed by atoms with Crippen LogP contribution in [0, 0.1) is 0 Å². The van der Waals surface area contributed by atoms with Gasteiger partial charge in [-0.3, -0.25) is 4.68 Å². The summed E-state index contributed by atoms with van der Waals surface area (Å²) in [5, 5.41) is 13.5. The van der Waals surface area contributed by atoms with Crippen LogP contribution in [0.15, 0.2) is 46.7 Å². The third kappa shape index (κ3) is 4.13. The fraction of sp³-hybridized carbons (Fsp3) is 0.389. The van der Waals surface area contributed by atoms with Crippen LogP contribution in [0.25, 0.3) is 11.4 Å². The van der Waals surface area contributed by atoms with E-state index in [2.05, 4.69) is 15.3 Å². The summed E-state index contributed by atoms with van der Waals surface area (Å²) >= 11 is 1.56. The Bertz CT molecular complexity index is 1050. The van der Waals surface area contributed by atoms with Crippen molar-refractivity contribution < 1.29 is 8.42 Å². The second-order valence-corrected chi connectivity index (χ2v) is 9.17. The molecule has 0 N–H and O–H groups in total. The molecule has 0 saturated carbocycles. The topological polar surface area (TPSA) is 85.9 Å². The molecule has 8 nitrogen and oxygen atoms in total. The Hall–Kier alpha value is -2.17. The van der Waals surface area contributed by atoms with Gasteiger partial charge in [0.2, 0.25) is 10.0 Å². The predicted octanol–water partition coefficient (Wildman–Crippen LogP) is 2.54. The first-order chi connectivity index (χ1) is 13.4. The molecule has 0 spiro atoms. The fourth-order valence-corrected chi connectivity index (χ4v) is 5.22. The number of thioether (sulfide) groups is 1. The highest BCUT2D eigenvalue weighted by Gasteiger charge is 2.22. The maximum Gasteiger partial charge on any atom is 0.243 e. The third-order valence-electron chi connectivity index (χ3n) is 4.40. The van der Waals surface area contributed by atoms with Gasteiger partial charge in [-0.2, -0.15) is 9.40 Å². The van der Waals surface area contributed by atoms with Crippen molar-refractivity contribution in [3.05, 3.63) is 42.2 Å². The molecule has 10 heteroatoms. The molecule has 3 aromatic rings. The smallest absolute Gasteiger partial charge is 0.243 e. The molecular weight excluding hydrogens is 396 g/mol. The number of nitrogens with zero attached hydrogens (tertiary/aromatic N) is 6. The molecule has 0 saturated heterocycles. The first-order valence-electron chi connectivity index (χ1n) is 8.97. The van der Waals surface area contributed by atoms with Crippen molar-refractivity contribution in [1.29, 1.82) is 0 Å². The molecular formula is C18H24N6O2S2. The Morgan fingerprint density at radius 1 is 1.14 bits per heavy atom. The lowest BCUT2D eigenvalue weighted by Gasteiger charge is -2.18. The Balaban J connectivity index is 1.85. The number of aromatic nitrogens is 5. The quantitative estimate of drug-likeness (QED) is 0.521. The maximum absolute atomic E-state index is 12.8. The fourth-order valence-electron chi connectivity index (χ4n) is 2.89. The van der Waals surface area contributed by atoms with E-state index in [1.165, 1.54) is 4.31 Å². The van der Waals surface area contributed by atoms with Crippen LogP contribution in [0.2, 0.25) is 0 Å². The Morgan fingerprint density at radius 2 is 1.89 bits per heavy atom. The maximum atomic E-state index is 12.8. The van der Waals surface area contributed by atoms with Crippen molar-refractivity contribution in [1.82, 2.24) is 28.9 Å². The highest BCUT2D eigenvalue weighted by atomic mass is 32.2. The summed E-state index contributed by atoms with van der Waals surface area (Å²) in [4.78, 5) is 0.265. The average Bonchev–Trinajstić information content (AvgIpc) is 3.26. The molecule has 1 aromatic carbocycles. The summed E-state index contributed by atoms with van der Waals surface area (Å²) in [7, 11) is 0.244. The molecule has 0 amide bonds. The van der Waals surface area contributed by atoms with Crippen molar-refractivity contribution in [2.75, 3.05) is 13.1 Å². The summed E-state index contributed by atoms with van der Waals surface area (Å²) in [6.07, 6.45) is 3.79. The van der Waals surface area contributed by atoms with Crippen LogP contribution in [-0.4, -0.2) is 50.4 Å². The zero-order valence-electron chi connectivity index (χ0n) is 16.4. The van der Waals surface area contributed by atoms with Crippen molar-refractivity contribution in [2.24, 2.45) is 14.1 Å². The Morgan fingerprint density at radius 3 is 2.54 bits per heavy atom. The summed E-state index contributed by atoms with van der Waals surface area (Å²) in [5.41, 5.74) is 1.82. The van der Waals surface area contributed by atoms with Gasteiger partial charge in [0.1, 0.15) is 0 Å².